The Bertz CT molecular complexity index is 848. The minimum atomic E-state index is -0.581. The zero-order valence-corrected chi connectivity index (χ0v) is 21.1. The molecule has 2 N–H and O–H groups in total. The number of rotatable bonds is 6. The molecule has 1 aromatic heterocycles. The first-order chi connectivity index (χ1) is 15.3. The Labute approximate surface area is 196 Å². The molecule has 0 bridgehead atoms. The predicted molar refractivity (Wildman–Crippen MR) is 125 cm³/mol. The van der Waals surface area contributed by atoms with Gasteiger partial charge in [-0.25, -0.2) is 14.3 Å². The van der Waals surface area contributed by atoms with E-state index in [0.29, 0.717) is 25.7 Å². The van der Waals surface area contributed by atoms with Crippen LogP contribution in [0.3, 0.4) is 0 Å². The lowest BCUT2D eigenvalue weighted by Gasteiger charge is -2.28. The maximum atomic E-state index is 12.6. The SMILES string of the molecule is Cc1nn(C2CCC2)c(NC(=O)OC(C)(C)C)c1CC[C@@H]1COC[C@H]1NC(=O)OC(C)(C)C. The molecule has 3 rings (SSSR count). The summed E-state index contributed by atoms with van der Waals surface area (Å²) in [5.41, 5.74) is 0.788. The average Bonchev–Trinajstić information content (AvgIpc) is 3.13. The fourth-order valence-electron chi connectivity index (χ4n) is 4.14. The van der Waals surface area contributed by atoms with Crippen molar-refractivity contribution >= 4 is 18.0 Å². The minimum Gasteiger partial charge on any atom is -0.444 e. The van der Waals surface area contributed by atoms with Crippen LogP contribution in [-0.4, -0.2) is 52.4 Å². The van der Waals surface area contributed by atoms with E-state index in [1.54, 1.807) is 0 Å². The number of aromatic nitrogens is 2. The van der Waals surface area contributed by atoms with Crippen molar-refractivity contribution in [3.8, 4) is 0 Å². The molecule has 33 heavy (non-hydrogen) atoms. The molecule has 2 heterocycles. The third kappa shape index (κ3) is 7.09. The van der Waals surface area contributed by atoms with Crippen LogP contribution < -0.4 is 10.6 Å². The van der Waals surface area contributed by atoms with Gasteiger partial charge in [0.1, 0.15) is 17.0 Å². The van der Waals surface area contributed by atoms with Crippen LogP contribution in [0.25, 0.3) is 0 Å². The number of alkyl carbamates (subject to hydrolysis) is 1. The van der Waals surface area contributed by atoms with Crippen molar-refractivity contribution in [3.63, 3.8) is 0 Å². The van der Waals surface area contributed by atoms with E-state index in [9.17, 15) is 9.59 Å². The molecule has 1 aromatic rings. The maximum absolute atomic E-state index is 12.6. The highest BCUT2D eigenvalue weighted by Crippen LogP contribution is 2.36. The number of carbonyl (C=O) groups is 2. The molecular weight excluding hydrogens is 424 g/mol. The summed E-state index contributed by atoms with van der Waals surface area (Å²) in [4.78, 5) is 24.8. The molecule has 0 aromatic carbocycles. The van der Waals surface area contributed by atoms with Crippen molar-refractivity contribution in [2.45, 2.75) is 104 Å². The highest BCUT2D eigenvalue weighted by Gasteiger charge is 2.33. The molecule has 9 heteroatoms. The van der Waals surface area contributed by atoms with Gasteiger partial charge in [0.15, 0.2) is 0 Å². The Morgan fingerprint density at radius 2 is 1.70 bits per heavy atom. The van der Waals surface area contributed by atoms with Gasteiger partial charge in [-0.1, -0.05) is 0 Å². The van der Waals surface area contributed by atoms with Gasteiger partial charge in [0.2, 0.25) is 0 Å². The maximum Gasteiger partial charge on any atom is 0.413 e. The largest absolute Gasteiger partial charge is 0.444 e. The molecule has 1 saturated heterocycles. The molecule has 0 spiro atoms. The summed E-state index contributed by atoms with van der Waals surface area (Å²) in [6, 6.07) is 0.197. The van der Waals surface area contributed by atoms with Crippen LogP contribution in [0.2, 0.25) is 0 Å². The fraction of sp³-hybridized carbons (Fsp3) is 0.792. The van der Waals surface area contributed by atoms with E-state index in [1.807, 2.05) is 53.1 Å². The number of anilines is 1. The van der Waals surface area contributed by atoms with Crippen LogP contribution in [0, 0.1) is 12.8 Å². The molecule has 1 aliphatic heterocycles. The molecule has 0 unspecified atom stereocenters. The number of aryl methyl sites for hydroxylation is 1. The quantitative estimate of drug-likeness (QED) is 0.630. The van der Waals surface area contributed by atoms with E-state index >= 15 is 0 Å². The Morgan fingerprint density at radius 3 is 2.27 bits per heavy atom. The molecular formula is C24H40N4O5. The molecule has 2 amide bonds. The van der Waals surface area contributed by atoms with Crippen LogP contribution in [0.5, 0.6) is 0 Å². The van der Waals surface area contributed by atoms with Gasteiger partial charge in [0, 0.05) is 11.5 Å². The molecule has 1 saturated carbocycles. The normalized spacial score (nSPS) is 21.4. The van der Waals surface area contributed by atoms with Crippen LogP contribution in [0.4, 0.5) is 15.4 Å². The van der Waals surface area contributed by atoms with Gasteiger partial charge in [-0.15, -0.1) is 0 Å². The Hall–Kier alpha value is -2.29. The van der Waals surface area contributed by atoms with Gasteiger partial charge in [-0.3, -0.25) is 5.32 Å². The highest BCUT2D eigenvalue weighted by molar-refractivity contribution is 5.85. The Balaban J connectivity index is 1.70. The first-order valence-electron chi connectivity index (χ1n) is 12.0. The van der Waals surface area contributed by atoms with E-state index in [2.05, 4.69) is 10.6 Å². The van der Waals surface area contributed by atoms with Crippen molar-refractivity contribution in [2.75, 3.05) is 18.5 Å². The van der Waals surface area contributed by atoms with Gasteiger partial charge in [-0.05, 0) is 80.6 Å². The second kappa shape index (κ2) is 9.91. The fourth-order valence-corrected chi connectivity index (χ4v) is 4.14. The van der Waals surface area contributed by atoms with Crippen LogP contribution in [-0.2, 0) is 20.6 Å². The standard InChI is InChI=1S/C24H40N4O5/c1-15-18(12-11-16-13-31-14-19(16)25-21(29)32-23(2,3)4)20(26-22(30)33-24(5,6)7)28(27-15)17-9-8-10-17/h16-17,19H,8-14H2,1-7H3,(H,25,29)(H,26,30)/t16-,19-/m1/s1. The Kier molecular flexibility index (Phi) is 7.61. The van der Waals surface area contributed by atoms with Crippen LogP contribution in [0.1, 0.15) is 84.5 Å². The number of nitrogens with zero attached hydrogens (tertiary/aromatic N) is 2. The van der Waals surface area contributed by atoms with E-state index in [0.717, 1.165) is 36.3 Å². The second-order valence-corrected chi connectivity index (χ2v) is 11.2. The topological polar surface area (TPSA) is 104 Å². The predicted octanol–water partition coefficient (Wildman–Crippen LogP) is 4.74. The van der Waals surface area contributed by atoms with Gasteiger partial charge >= 0.3 is 12.2 Å². The van der Waals surface area contributed by atoms with E-state index in [1.165, 1.54) is 6.42 Å². The number of hydrogen-bond acceptors (Lipinski definition) is 6. The third-order valence-corrected chi connectivity index (χ3v) is 5.91. The lowest BCUT2D eigenvalue weighted by atomic mass is 9.93. The summed E-state index contributed by atoms with van der Waals surface area (Å²) in [5, 5.41) is 10.7. The van der Waals surface area contributed by atoms with Crippen LogP contribution >= 0.6 is 0 Å². The lowest BCUT2D eigenvalue weighted by Crippen LogP contribution is -2.42. The molecule has 0 radical (unpaired) electrons. The zero-order valence-electron chi connectivity index (χ0n) is 21.1. The van der Waals surface area contributed by atoms with Crippen molar-refractivity contribution in [1.29, 1.82) is 0 Å². The number of carbonyl (C=O) groups excluding carboxylic acids is 2. The lowest BCUT2D eigenvalue weighted by molar-refractivity contribution is 0.0489. The molecule has 2 fully saturated rings. The first-order valence-corrected chi connectivity index (χ1v) is 12.0. The summed E-state index contributed by atoms with van der Waals surface area (Å²) in [5.74, 6) is 0.875. The molecule has 1 aliphatic carbocycles. The summed E-state index contributed by atoms with van der Waals surface area (Å²) >= 11 is 0. The van der Waals surface area contributed by atoms with E-state index < -0.39 is 23.4 Å². The van der Waals surface area contributed by atoms with Crippen molar-refractivity contribution in [3.05, 3.63) is 11.3 Å². The molecule has 2 aliphatic rings. The monoisotopic (exact) mass is 464 g/mol. The van der Waals surface area contributed by atoms with Gasteiger partial charge in [0.25, 0.3) is 0 Å². The number of amides is 2. The summed E-state index contributed by atoms with van der Waals surface area (Å²) in [6.07, 6.45) is 3.89. The van der Waals surface area contributed by atoms with E-state index in [-0.39, 0.29) is 12.0 Å². The summed E-state index contributed by atoms with van der Waals surface area (Å²) in [6.45, 7) is 14.1. The number of nitrogens with one attached hydrogen (secondary N) is 2. The van der Waals surface area contributed by atoms with Gasteiger partial charge in [0.05, 0.1) is 31.0 Å². The van der Waals surface area contributed by atoms with Gasteiger partial charge in [-0.2, -0.15) is 5.10 Å². The van der Waals surface area contributed by atoms with Crippen molar-refractivity contribution in [2.24, 2.45) is 5.92 Å². The van der Waals surface area contributed by atoms with Crippen LogP contribution in [0.15, 0.2) is 0 Å². The summed E-state index contributed by atoms with van der Waals surface area (Å²) in [7, 11) is 0. The van der Waals surface area contributed by atoms with E-state index in [4.69, 9.17) is 19.3 Å². The Morgan fingerprint density at radius 1 is 1.06 bits per heavy atom. The average molecular weight is 465 g/mol. The minimum absolute atomic E-state index is 0.107. The van der Waals surface area contributed by atoms with Crippen molar-refractivity contribution < 1.29 is 23.8 Å². The van der Waals surface area contributed by atoms with Crippen molar-refractivity contribution in [1.82, 2.24) is 15.1 Å². The molecule has 2 atom stereocenters. The first kappa shape index (κ1) is 25.3. The third-order valence-electron chi connectivity index (χ3n) is 5.91. The number of hydrogen-bond donors (Lipinski definition) is 2. The zero-order chi connectivity index (χ0) is 24.4. The molecule has 9 nitrogen and oxygen atoms in total. The highest BCUT2D eigenvalue weighted by atomic mass is 16.6. The smallest absolute Gasteiger partial charge is 0.413 e. The molecule has 186 valence electrons. The van der Waals surface area contributed by atoms with Gasteiger partial charge < -0.3 is 19.5 Å². The summed E-state index contributed by atoms with van der Waals surface area (Å²) < 4.78 is 18.5. The number of ether oxygens (including phenoxy) is 3. The second-order valence-electron chi connectivity index (χ2n) is 11.2.